The lowest BCUT2D eigenvalue weighted by Gasteiger charge is -2.21. The Morgan fingerprint density at radius 3 is 2.71 bits per heavy atom. The van der Waals surface area contributed by atoms with Gasteiger partial charge in [0, 0.05) is 31.9 Å². The molecule has 1 heterocycles. The molecular formula is C17H22NO3+. The Bertz CT molecular complexity index is 591. The van der Waals surface area contributed by atoms with Gasteiger partial charge in [-0.05, 0) is 25.5 Å². The van der Waals surface area contributed by atoms with Crippen LogP contribution < -0.4 is 4.74 Å². The van der Waals surface area contributed by atoms with Crippen molar-refractivity contribution in [3.05, 3.63) is 24.3 Å². The van der Waals surface area contributed by atoms with Crippen LogP contribution in [0.5, 0.6) is 5.75 Å². The molecule has 21 heavy (non-hydrogen) atoms. The van der Waals surface area contributed by atoms with Crippen molar-refractivity contribution in [3.63, 3.8) is 0 Å². The highest BCUT2D eigenvalue weighted by molar-refractivity contribution is 6.05. The summed E-state index contributed by atoms with van der Waals surface area (Å²) in [5.74, 6) is 0.793. The molecule has 0 radical (unpaired) electrons. The molecule has 4 heteroatoms. The van der Waals surface area contributed by atoms with Gasteiger partial charge in [0.25, 0.3) is 0 Å². The molecule has 2 bridgehead atoms. The Balaban J connectivity index is 1.98. The quantitative estimate of drug-likeness (QED) is 0.631. The highest BCUT2D eigenvalue weighted by atomic mass is 16.5. The van der Waals surface area contributed by atoms with Crippen LogP contribution in [0.25, 0.3) is 0 Å². The predicted molar refractivity (Wildman–Crippen MR) is 80.3 cm³/mol. The third-order valence-electron chi connectivity index (χ3n) is 4.92. The van der Waals surface area contributed by atoms with Crippen LogP contribution in [0.15, 0.2) is 24.3 Å². The number of esters is 1. The number of nitrogens with zero attached hydrogens (tertiary/aromatic N) is 1. The van der Waals surface area contributed by atoms with E-state index in [0.29, 0.717) is 12.6 Å². The van der Waals surface area contributed by atoms with Crippen molar-refractivity contribution in [3.8, 4) is 5.75 Å². The fraction of sp³-hybridized carbons (Fsp3) is 0.529. The smallest absolute Gasteiger partial charge is 0.322 e. The van der Waals surface area contributed by atoms with Crippen LogP contribution in [0.4, 0.5) is 5.69 Å². The monoisotopic (exact) mass is 288 g/mol. The summed E-state index contributed by atoms with van der Waals surface area (Å²) in [4.78, 5) is 12.4. The van der Waals surface area contributed by atoms with Gasteiger partial charge in [0.2, 0.25) is 5.69 Å². The van der Waals surface area contributed by atoms with Crippen molar-refractivity contribution in [1.82, 2.24) is 0 Å². The van der Waals surface area contributed by atoms with Gasteiger partial charge in [0.05, 0.1) is 13.7 Å². The summed E-state index contributed by atoms with van der Waals surface area (Å²) in [6, 6.07) is 8.45. The third-order valence-corrected chi connectivity index (χ3v) is 4.92. The molecule has 3 rings (SSSR count). The first-order chi connectivity index (χ1) is 10.1. The number of carbonyl (C=O) groups excluding carboxylic acids is 1. The standard InChI is InChI=1S/C17H22NO3/c1-4-21-16(19)17-10-9-14(11-17)18(12(17)2)13-5-7-15(20-3)8-6-13/h5-8,14H,4,9-11H2,1-3H3/q+1. The van der Waals surface area contributed by atoms with Crippen LogP contribution >= 0.6 is 0 Å². The van der Waals surface area contributed by atoms with Gasteiger partial charge in [-0.1, -0.05) is 0 Å². The van der Waals surface area contributed by atoms with Crippen molar-refractivity contribution < 1.29 is 18.8 Å². The summed E-state index contributed by atoms with van der Waals surface area (Å²) in [7, 11) is 1.67. The van der Waals surface area contributed by atoms with Gasteiger partial charge in [-0.15, -0.1) is 0 Å². The molecule has 0 amide bonds. The molecule has 1 aliphatic heterocycles. The number of carbonyl (C=O) groups is 1. The summed E-state index contributed by atoms with van der Waals surface area (Å²) in [5, 5.41) is 0. The van der Waals surface area contributed by atoms with Crippen molar-refractivity contribution in [1.29, 1.82) is 0 Å². The Kier molecular flexibility index (Phi) is 3.47. The van der Waals surface area contributed by atoms with Gasteiger partial charge in [0.15, 0.2) is 17.2 Å². The van der Waals surface area contributed by atoms with E-state index in [4.69, 9.17) is 9.47 Å². The fourth-order valence-corrected chi connectivity index (χ4v) is 3.82. The number of benzene rings is 1. The minimum atomic E-state index is -0.402. The first kappa shape index (κ1) is 14.1. The Labute approximate surface area is 125 Å². The molecule has 0 spiro atoms. The summed E-state index contributed by atoms with van der Waals surface area (Å²) in [5.41, 5.74) is 1.85. The minimum absolute atomic E-state index is 0.0546. The van der Waals surface area contributed by atoms with Crippen LogP contribution in [0.2, 0.25) is 0 Å². The zero-order valence-electron chi connectivity index (χ0n) is 12.9. The molecule has 2 unspecified atom stereocenters. The lowest BCUT2D eigenvalue weighted by molar-refractivity contribution is -0.478. The van der Waals surface area contributed by atoms with Crippen molar-refractivity contribution >= 4 is 17.4 Å². The Hall–Kier alpha value is -1.84. The van der Waals surface area contributed by atoms with E-state index < -0.39 is 5.41 Å². The second-order valence-electron chi connectivity index (χ2n) is 5.85. The SMILES string of the molecule is CCOC(=O)C12CCC(C1)[N+](c1ccc(OC)cc1)=C2C. The van der Waals surface area contributed by atoms with Gasteiger partial charge >= 0.3 is 5.97 Å². The predicted octanol–water partition coefficient (Wildman–Crippen LogP) is 2.92. The summed E-state index contributed by atoms with van der Waals surface area (Å²) in [6.45, 7) is 4.38. The highest BCUT2D eigenvalue weighted by Crippen LogP contribution is 2.49. The molecule has 4 nitrogen and oxygen atoms in total. The van der Waals surface area contributed by atoms with Crippen LogP contribution in [0.3, 0.4) is 0 Å². The maximum atomic E-state index is 12.4. The first-order valence-electron chi connectivity index (χ1n) is 7.57. The van der Waals surface area contributed by atoms with Crippen LogP contribution in [0.1, 0.15) is 33.1 Å². The average Bonchev–Trinajstić information content (AvgIpc) is 3.05. The largest absolute Gasteiger partial charge is 0.497 e. The van der Waals surface area contributed by atoms with Gasteiger partial charge in [0.1, 0.15) is 5.75 Å². The molecule has 112 valence electrons. The van der Waals surface area contributed by atoms with E-state index >= 15 is 0 Å². The van der Waals surface area contributed by atoms with E-state index in [-0.39, 0.29) is 5.97 Å². The number of hydrogen-bond acceptors (Lipinski definition) is 3. The Morgan fingerprint density at radius 1 is 1.38 bits per heavy atom. The normalized spacial score (nSPS) is 27.1. The van der Waals surface area contributed by atoms with E-state index in [1.54, 1.807) is 7.11 Å². The second kappa shape index (κ2) is 5.17. The topological polar surface area (TPSA) is 38.5 Å². The van der Waals surface area contributed by atoms with Crippen molar-refractivity contribution in [2.45, 2.75) is 39.2 Å². The molecule has 1 aromatic rings. The minimum Gasteiger partial charge on any atom is -0.497 e. The Morgan fingerprint density at radius 2 is 2.10 bits per heavy atom. The van der Waals surface area contributed by atoms with E-state index in [1.807, 2.05) is 19.1 Å². The highest BCUT2D eigenvalue weighted by Gasteiger charge is 2.61. The summed E-state index contributed by atoms with van der Waals surface area (Å²) < 4.78 is 12.8. The molecular weight excluding hydrogens is 266 g/mol. The number of methoxy groups -OCH3 is 1. The lowest BCUT2D eigenvalue weighted by atomic mass is 9.82. The van der Waals surface area contributed by atoms with E-state index in [1.165, 1.54) is 0 Å². The number of fused-ring (bicyclic) bond motifs is 2. The molecule has 0 N–H and O–H groups in total. The van der Waals surface area contributed by atoms with Gasteiger partial charge in [-0.2, -0.15) is 4.58 Å². The number of ether oxygens (including phenoxy) is 2. The summed E-state index contributed by atoms with van der Waals surface area (Å²) in [6.07, 6.45) is 2.83. The maximum absolute atomic E-state index is 12.4. The molecule has 2 atom stereocenters. The molecule has 1 aliphatic carbocycles. The fourth-order valence-electron chi connectivity index (χ4n) is 3.82. The van der Waals surface area contributed by atoms with Gasteiger partial charge in [-0.3, -0.25) is 4.79 Å². The summed E-state index contributed by atoms with van der Waals surface area (Å²) >= 11 is 0. The molecule has 1 saturated carbocycles. The van der Waals surface area contributed by atoms with E-state index in [9.17, 15) is 4.79 Å². The second-order valence-corrected chi connectivity index (χ2v) is 5.85. The molecule has 1 aromatic carbocycles. The van der Waals surface area contributed by atoms with Crippen LogP contribution in [0, 0.1) is 5.41 Å². The molecule has 1 fully saturated rings. The zero-order chi connectivity index (χ0) is 15.0. The van der Waals surface area contributed by atoms with Crippen molar-refractivity contribution in [2.75, 3.05) is 13.7 Å². The van der Waals surface area contributed by atoms with Crippen LogP contribution in [-0.2, 0) is 9.53 Å². The third kappa shape index (κ3) is 2.04. The van der Waals surface area contributed by atoms with Gasteiger partial charge in [-0.25, -0.2) is 0 Å². The van der Waals surface area contributed by atoms with E-state index in [0.717, 1.165) is 36.4 Å². The van der Waals surface area contributed by atoms with Crippen LogP contribution in [-0.4, -0.2) is 36.0 Å². The zero-order valence-corrected chi connectivity index (χ0v) is 12.9. The average molecular weight is 288 g/mol. The molecule has 0 saturated heterocycles. The first-order valence-corrected chi connectivity index (χ1v) is 7.57. The molecule has 2 aliphatic rings. The molecule has 0 aromatic heterocycles. The number of rotatable bonds is 4. The van der Waals surface area contributed by atoms with Crippen molar-refractivity contribution in [2.24, 2.45) is 5.41 Å². The lowest BCUT2D eigenvalue weighted by Crippen LogP contribution is -2.38. The van der Waals surface area contributed by atoms with Gasteiger partial charge < -0.3 is 9.47 Å². The number of hydrogen-bond donors (Lipinski definition) is 0. The van der Waals surface area contributed by atoms with E-state index in [2.05, 4.69) is 23.6 Å². The maximum Gasteiger partial charge on any atom is 0.322 e.